The van der Waals surface area contributed by atoms with Gasteiger partial charge in [0.2, 0.25) is 0 Å². The Kier molecular flexibility index (Phi) is 6.23. The van der Waals surface area contributed by atoms with Crippen LogP contribution in [-0.2, 0) is 17.3 Å². The van der Waals surface area contributed by atoms with Crippen molar-refractivity contribution in [1.82, 2.24) is 5.16 Å². The van der Waals surface area contributed by atoms with E-state index in [-0.39, 0.29) is 6.61 Å². The Balaban J connectivity index is 1.62. The first-order valence-electron chi connectivity index (χ1n) is 9.61. The zero-order valence-corrected chi connectivity index (χ0v) is 19.8. The Morgan fingerprint density at radius 2 is 1.80 bits per heavy atom. The summed E-state index contributed by atoms with van der Waals surface area (Å²) in [6.45, 7) is 3.75. The first-order chi connectivity index (χ1) is 14.2. The highest BCUT2D eigenvalue weighted by atomic mass is 35.5. The van der Waals surface area contributed by atoms with Gasteiger partial charge in [-0.05, 0) is 56.0 Å². The number of hydrogen-bond donors (Lipinski definition) is 0. The Morgan fingerprint density at radius 1 is 1.10 bits per heavy atom. The van der Waals surface area contributed by atoms with Crippen molar-refractivity contribution in [2.75, 3.05) is 13.3 Å². The molecule has 0 spiro atoms. The van der Waals surface area contributed by atoms with Gasteiger partial charge in [0.25, 0.3) is 0 Å². The van der Waals surface area contributed by atoms with Gasteiger partial charge in [-0.3, -0.25) is 0 Å². The van der Waals surface area contributed by atoms with E-state index in [1.54, 1.807) is 37.6 Å². The molecule has 1 saturated carbocycles. The molecule has 3 aromatic rings. The van der Waals surface area contributed by atoms with E-state index in [4.69, 9.17) is 44.1 Å². The molecule has 1 aliphatic rings. The molecule has 1 heterocycles. The summed E-state index contributed by atoms with van der Waals surface area (Å²) in [7, 11) is -2.22. The van der Waals surface area contributed by atoms with E-state index in [9.17, 15) is 4.57 Å². The zero-order valence-electron chi connectivity index (χ0n) is 16.6. The number of benzene rings is 2. The molecule has 8 heteroatoms. The molecule has 4 nitrogen and oxygen atoms in total. The molecule has 0 amide bonds. The normalized spacial score (nSPS) is 14.2. The minimum atomic E-state index is -2.22. The lowest BCUT2D eigenvalue weighted by Gasteiger charge is -2.12. The van der Waals surface area contributed by atoms with Gasteiger partial charge in [-0.2, -0.15) is 0 Å². The largest absolute Gasteiger partial charge is 0.489 e. The molecule has 0 aliphatic heterocycles. The van der Waals surface area contributed by atoms with E-state index >= 15 is 0 Å². The van der Waals surface area contributed by atoms with E-state index in [2.05, 4.69) is 5.16 Å². The molecule has 1 aliphatic carbocycles. The second-order valence-corrected chi connectivity index (χ2v) is 12.7. The second kappa shape index (κ2) is 8.59. The van der Waals surface area contributed by atoms with E-state index < -0.39 is 7.14 Å². The van der Waals surface area contributed by atoms with Crippen molar-refractivity contribution in [2.24, 2.45) is 0 Å². The molecular weight excluding hydrogens is 464 g/mol. The smallest absolute Gasteiger partial charge is 0.147 e. The first kappa shape index (κ1) is 21.8. The van der Waals surface area contributed by atoms with Crippen LogP contribution in [0.1, 0.15) is 35.6 Å². The maximum Gasteiger partial charge on any atom is 0.147 e. The summed E-state index contributed by atoms with van der Waals surface area (Å²) in [6.07, 6.45) is 2.58. The predicted molar refractivity (Wildman–Crippen MR) is 123 cm³/mol. The third-order valence-corrected chi connectivity index (χ3v) is 7.01. The second-order valence-electron chi connectivity index (χ2n) is 8.02. The van der Waals surface area contributed by atoms with Crippen LogP contribution in [0.5, 0.6) is 5.75 Å². The summed E-state index contributed by atoms with van der Waals surface area (Å²) in [5.41, 5.74) is 2.95. The number of hydrogen-bond acceptors (Lipinski definition) is 4. The van der Waals surface area contributed by atoms with Crippen LogP contribution in [0.4, 0.5) is 0 Å². The van der Waals surface area contributed by atoms with Gasteiger partial charge in [-0.25, -0.2) is 0 Å². The molecule has 4 rings (SSSR count). The molecule has 30 heavy (non-hydrogen) atoms. The highest BCUT2D eigenvalue weighted by Gasteiger charge is 2.33. The lowest BCUT2D eigenvalue weighted by Crippen LogP contribution is -2.00. The van der Waals surface area contributed by atoms with Crippen molar-refractivity contribution in [3.8, 4) is 17.0 Å². The van der Waals surface area contributed by atoms with Crippen LogP contribution in [0.15, 0.2) is 40.9 Å². The molecule has 0 atom stereocenters. The van der Waals surface area contributed by atoms with Crippen LogP contribution in [0.3, 0.4) is 0 Å². The first-order valence-corrected chi connectivity index (χ1v) is 13.5. The van der Waals surface area contributed by atoms with Crippen LogP contribution in [0.25, 0.3) is 11.3 Å². The van der Waals surface area contributed by atoms with Crippen LogP contribution in [0.2, 0.25) is 15.1 Å². The number of aromatic nitrogens is 1. The van der Waals surface area contributed by atoms with E-state index in [0.29, 0.717) is 44.2 Å². The Hall–Kier alpha value is -1.45. The predicted octanol–water partition coefficient (Wildman–Crippen LogP) is 7.88. The molecule has 2 aromatic carbocycles. The maximum atomic E-state index is 12.1. The Bertz CT molecular complexity index is 1110. The minimum Gasteiger partial charge on any atom is -0.489 e. The van der Waals surface area contributed by atoms with Crippen molar-refractivity contribution in [1.29, 1.82) is 0 Å². The fourth-order valence-corrected chi connectivity index (χ4v) is 5.36. The van der Waals surface area contributed by atoms with Gasteiger partial charge in [0, 0.05) is 22.7 Å². The Morgan fingerprint density at radius 3 is 2.40 bits per heavy atom. The fourth-order valence-electron chi connectivity index (χ4n) is 3.36. The lowest BCUT2D eigenvalue weighted by atomic mass is 10.0. The van der Waals surface area contributed by atoms with Gasteiger partial charge >= 0.3 is 0 Å². The highest BCUT2D eigenvalue weighted by Crippen LogP contribution is 2.46. The van der Waals surface area contributed by atoms with E-state index in [1.807, 2.05) is 12.1 Å². The molecule has 1 fully saturated rings. The van der Waals surface area contributed by atoms with Gasteiger partial charge < -0.3 is 13.8 Å². The summed E-state index contributed by atoms with van der Waals surface area (Å²) in [5, 5.41) is 5.83. The van der Waals surface area contributed by atoms with Crippen molar-refractivity contribution in [3.05, 3.63) is 68.4 Å². The van der Waals surface area contributed by atoms with Crippen LogP contribution < -0.4 is 4.74 Å². The monoisotopic (exact) mass is 483 g/mol. The van der Waals surface area contributed by atoms with Crippen molar-refractivity contribution < 1.29 is 13.8 Å². The highest BCUT2D eigenvalue weighted by molar-refractivity contribution is 7.61. The molecule has 0 saturated heterocycles. The van der Waals surface area contributed by atoms with Crippen LogP contribution in [-0.4, -0.2) is 18.5 Å². The van der Waals surface area contributed by atoms with E-state index in [0.717, 1.165) is 29.7 Å². The average Bonchev–Trinajstić information content (AvgIpc) is 3.42. The van der Waals surface area contributed by atoms with Crippen LogP contribution >= 0.6 is 41.9 Å². The number of halogens is 3. The van der Waals surface area contributed by atoms with Gasteiger partial charge in [-0.1, -0.05) is 52.1 Å². The van der Waals surface area contributed by atoms with Gasteiger partial charge in [0.15, 0.2) is 0 Å². The summed E-state index contributed by atoms with van der Waals surface area (Å²) < 4.78 is 23.8. The van der Waals surface area contributed by atoms with Crippen molar-refractivity contribution in [2.45, 2.75) is 31.5 Å². The number of rotatable bonds is 7. The molecule has 0 bridgehead atoms. The third-order valence-electron chi connectivity index (χ3n) is 4.93. The average molecular weight is 485 g/mol. The van der Waals surface area contributed by atoms with Crippen molar-refractivity contribution in [3.63, 3.8) is 0 Å². The van der Waals surface area contributed by atoms with Gasteiger partial charge in [0.05, 0.1) is 22.8 Å². The van der Waals surface area contributed by atoms with Gasteiger partial charge in [0.1, 0.15) is 23.8 Å². The SMILES string of the molecule is CP(C)(=O)Cc1ccc(OCc2c(-c3c(Cl)cccc3Cl)noc2C2CC2)cc1Cl. The topological polar surface area (TPSA) is 52.3 Å². The molecule has 0 unspecified atom stereocenters. The Labute approximate surface area is 190 Å². The standard InChI is InChI=1S/C22H21Cl3NO3P/c1-30(2,27)12-14-8-9-15(10-19(14)25)28-11-16-21(26-29-22(16)13-6-7-13)20-17(23)4-3-5-18(20)24/h3-5,8-10,13H,6-7,11-12H2,1-2H3. The third kappa shape index (κ3) is 4.89. The fraction of sp³-hybridized carbons (Fsp3) is 0.318. The minimum absolute atomic E-state index is 0.252. The lowest BCUT2D eigenvalue weighted by molar-refractivity contribution is 0.300. The summed E-state index contributed by atoms with van der Waals surface area (Å²) in [4.78, 5) is 0. The quantitative estimate of drug-likeness (QED) is 0.320. The number of nitrogens with zero attached hydrogens (tertiary/aromatic N) is 1. The molecular formula is C22H21Cl3NO3P. The molecule has 0 N–H and O–H groups in total. The summed E-state index contributed by atoms with van der Waals surface area (Å²) in [5.74, 6) is 1.78. The molecule has 0 radical (unpaired) electrons. The van der Waals surface area contributed by atoms with Gasteiger partial charge in [-0.15, -0.1) is 0 Å². The molecule has 1 aromatic heterocycles. The number of ether oxygens (including phenoxy) is 1. The zero-order chi connectivity index (χ0) is 21.5. The molecule has 158 valence electrons. The van der Waals surface area contributed by atoms with Crippen LogP contribution in [0, 0.1) is 0 Å². The summed E-state index contributed by atoms with van der Waals surface area (Å²) >= 11 is 19.2. The maximum absolute atomic E-state index is 12.1. The van der Waals surface area contributed by atoms with E-state index in [1.165, 1.54) is 0 Å². The van der Waals surface area contributed by atoms with Crippen molar-refractivity contribution >= 4 is 41.9 Å². The summed E-state index contributed by atoms with van der Waals surface area (Å²) in [6, 6.07) is 10.8.